The molecule has 0 bridgehead atoms. The Morgan fingerprint density at radius 2 is 2.05 bits per heavy atom. The van der Waals surface area contributed by atoms with E-state index in [1.165, 1.54) is 39.9 Å². The minimum Gasteiger partial charge on any atom is -0.385 e. The molecule has 17 nitrogen and oxygen atoms in total. The van der Waals surface area contributed by atoms with Gasteiger partial charge in [-0.1, -0.05) is 0 Å². The number of fused-ring (bicyclic) bond motifs is 2. The minimum absolute atomic E-state index is 0.00333. The van der Waals surface area contributed by atoms with Crippen LogP contribution in [0.4, 0.5) is 16.2 Å². The topological polar surface area (TPSA) is 237 Å². The highest BCUT2D eigenvalue weighted by Gasteiger charge is 2.46. The van der Waals surface area contributed by atoms with Crippen molar-refractivity contribution >= 4 is 64.1 Å². The summed E-state index contributed by atoms with van der Waals surface area (Å²) in [5, 5.41) is 20.6. The predicted octanol–water partition coefficient (Wildman–Crippen LogP) is 0.821. The van der Waals surface area contributed by atoms with Crippen LogP contribution in [0.1, 0.15) is 18.9 Å². The third kappa shape index (κ3) is 5.93. The minimum atomic E-state index is -1.42. The highest BCUT2D eigenvalue weighted by Crippen LogP contribution is 2.41. The Balaban J connectivity index is 1.23. The van der Waals surface area contributed by atoms with Crippen molar-refractivity contribution < 1.29 is 33.4 Å². The zero-order valence-electron chi connectivity index (χ0n) is 22.0. The standard InChI is InChI=1S/C21H29FN10O7P2S/c1-42-20(13(33)19(38-35)32-7-28-12-16(32)29-21(24)30-17(12)34)39-41-3-2-8-9(4-36-40)37-18(10(8)22)31-6-27-11-14(23)25-5-26-15(11)31/h5-10,13,18-20,33,35,41H,2-4,40H2,1H3,(H2,23,25,26)(H3,24,29,30,34)/t8-,9-,10+,13+,18-,19-,20?/m1/s1. The van der Waals surface area contributed by atoms with Gasteiger partial charge < -0.3 is 30.4 Å². The van der Waals surface area contributed by atoms with Crippen LogP contribution in [0.3, 0.4) is 0 Å². The largest absolute Gasteiger partial charge is 0.385 e. The number of nitrogens with two attached hydrogens (primary N) is 2. The van der Waals surface area contributed by atoms with Gasteiger partial charge in [0.25, 0.3) is 5.56 Å². The molecule has 0 radical (unpaired) electrons. The number of ether oxygens (including phenoxy) is 1. The second kappa shape index (κ2) is 13.4. The molecule has 0 spiro atoms. The molecule has 0 amide bonds. The van der Waals surface area contributed by atoms with Gasteiger partial charge in [0, 0.05) is 24.2 Å². The molecular formula is C21H29FN10O7P2S. The van der Waals surface area contributed by atoms with Gasteiger partial charge in [-0.3, -0.25) is 18.9 Å². The molecule has 42 heavy (non-hydrogen) atoms. The Kier molecular flexibility index (Phi) is 9.81. The quantitative estimate of drug-likeness (QED) is 0.0444. The molecule has 1 saturated heterocycles. The molecule has 5 rings (SSSR count). The first-order valence-corrected chi connectivity index (χ1v) is 15.3. The first kappa shape index (κ1) is 30.8. The van der Waals surface area contributed by atoms with Crippen LogP contribution in [0.25, 0.3) is 22.3 Å². The zero-order valence-corrected chi connectivity index (χ0v) is 25.0. The van der Waals surface area contributed by atoms with E-state index in [1.54, 1.807) is 6.26 Å². The molecule has 4 aromatic heterocycles. The van der Waals surface area contributed by atoms with E-state index in [1.807, 2.05) is 0 Å². The Morgan fingerprint density at radius 1 is 1.26 bits per heavy atom. The number of nitrogen functional groups attached to an aromatic ring is 2. The average Bonchev–Trinajstić information content (AvgIpc) is 3.66. The van der Waals surface area contributed by atoms with Crippen LogP contribution in [-0.4, -0.2) is 92.2 Å². The number of aromatic amines is 1. The van der Waals surface area contributed by atoms with E-state index in [0.29, 0.717) is 23.7 Å². The summed E-state index contributed by atoms with van der Waals surface area (Å²) in [6.07, 6.45) is 0.592. The van der Waals surface area contributed by atoms with Crippen molar-refractivity contribution in [3.05, 3.63) is 29.3 Å². The molecule has 1 fully saturated rings. The SMILES string of the molecule is CSC(OPCC[C@H]1[C@H](F)[C@H](n2cnc3c(N)ncnc32)O[C@@H]1COP)[C@@H](O)[C@@H](OO)n1cnc2c(=O)[nH]c(N)nc21. The smallest absolute Gasteiger partial charge is 0.280 e. The lowest BCUT2D eigenvalue weighted by molar-refractivity contribution is -0.323. The number of aliphatic hydroxyl groups excluding tert-OH is 1. The number of aliphatic hydroxyl groups is 1. The molecule has 3 unspecified atom stereocenters. The number of hydrogen-bond donors (Lipinski definition) is 5. The number of H-pyrrole nitrogens is 1. The third-order valence-electron chi connectivity index (χ3n) is 6.81. The monoisotopic (exact) mass is 646 g/mol. The number of aromatic nitrogens is 8. The molecule has 0 saturated carbocycles. The van der Waals surface area contributed by atoms with E-state index in [0.717, 1.165) is 0 Å². The van der Waals surface area contributed by atoms with E-state index >= 15 is 4.39 Å². The third-order valence-corrected chi connectivity index (χ3v) is 8.93. The van der Waals surface area contributed by atoms with Gasteiger partial charge in [0.1, 0.15) is 23.4 Å². The van der Waals surface area contributed by atoms with E-state index < -0.39 is 47.7 Å². The molecular weight excluding hydrogens is 617 g/mol. The van der Waals surface area contributed by atoms with Crippen LogP contribution < -0.4 is 17.0 Å². The molecule has 1 aliphatic rings. The van der Waals surface area contributed by atoms with E-state index in [4.69, 9.17) is 25.3 Å². The first-order valence-electron chi connectivity index (χ1n) is 12.4. The van der Waals surface area contributed by atoms with Crippen molar-refractivity contribution in [1.82, 2.24) is 39.0 Å². The normalized spacial score (nSPS) is 23.4. The van der Waals surface area contributed by atoms with Crippen molar-refractivity contribution in [2.75, 3.05) is 30.5 Å². The lowest BCUT2D eigenvalue weighted by Crippen LogP contribution is -2.35. The Bertz CT molecular complexity index is 1580. The lowest BCUT2D eigenvalue weighted by atomic mass is 9.96. The van der Waals surface area contributed by atoms with Gasteiger partial charge in [-0.2, -0.15) is 4.98 Å². The molecule has 228 valence electrons. The highest BCUT2D eigenvalue weighted by molar-refractivity contribution is 7.99. The van der Waals surface area contributed by atoms with Gasteiger partial charge in [0.15, 0.2) is 41.3 Å². The van der Waals surface area contributed by atoms with Crippen LogP contribution in [-0.2, 0) is 18.7 Å². The maximum absolute atomic E-state index is 15.8. The number of alkyl halides is 1. The van der Waals surface area contributed by atoms with Crippen LogP contribution in [0.5, 0.6) is 0 Å². The van der Waals surface area contributed by atoms with Crippen LogP contribution in [0.2, 0.25) is 0 Å². The Labute approximate surface area is 245 Å². The van der Waals surface area contributed by atoms with Crippen molar-refractivity contribution in [1.29, 1.82) is 0 Å². The Morgan fingerprint density at radius 3 is 2.79 bits per heavy atom. The van der Waals surface area contributed by atoms with E-state index in [-0.39, 0.29) is 38.3 Å². The first-order chi connectivity index (χ1) is 20.3. The van der Waals surface area contributed by atoms with Crippen LogP contribution in [0.15, 0.2) is 23.8 Å². The maximum Gasteiger partial charge on any atom is 0.280 e. The summed E-state index contributed by atoms with van der Waals surface area (Å²) in [5.74, 6) is -0.532. The fraction of sp³-hybridized carbons (Fsp3) is 0.524. The summed E-state index contributed by atoms with van der Waals surface area (Å²) in [5.41, 5.74) is 10.7. The van der Waals surface area contributed by atoms with Crippen molar-refractivity contribution in [3.8, 4) is 0 Å². The van der Waals surface area contributed by atoms with Crippen molar-refractivity contribution in [2.45, 2.75) is 42.7 Å². The molecule has 9 atom stereocenters. The molecule has 1 aliphatic heterocycles. The summed E-state index contributed by atoms with van der Waals surface area (Å²) >= 11 is 1.17. The van der Waals surface area contributed by atoms with Gasteiger partial charge in [0.2, 0.25) is 5.95 Å². The summed E-state index contributed by atoms with van der Waals surface area (Å²) in [7, 11) is 1.99. The van der Waals surface area contributed by atoms with Crippen molar-refractivity contribution in [3.63, 3.8) is 0 Å². The molecule has 5 heterocycles. The second-order valence-corrected chi connectivity index (χ2v) is 11.6. The van der Waals surface area contributed by atoms with Gasteiger partial charge >= 0.3 is 0 Å². The molecule has 4 aromatic rings. The number of halogens is 1. The molecule has 7 N–H and O–H groups in total. The van der Waals surface area contributed by atoms with E-state index in [9.17, 15) is 15.2 Å². The Hall–Kier alpha value is -2.60. The fourth-order valence-corrected chi connectivity index (χ4v) is 6.88. The summed E-state index contributed by atoms with van der Waals surface area (Å²) in [4.78, 5) is 39.3. The molecule has 0 aliphatic carbocycles. The molecule has 21 heteroatoms. The summed E-state index contributed by atoms with van der Waals surface area (Å²) in [6.45, 7) is 0.141. The lowest BCUT2D eigenvalue weighted by Gasteiger charge is -2.27. The van der Waals surface area contributed by atoms with Crippen molar-refractivity contribution in [2.24, 2.45) is 5.92 Å². The number of thioether (sulfide) groups is 1. The summed E-state index contributed by atoms with van der Waals surface area (Å²) in [6, 6.07) is 0. The van der Waals surface area contributed by atoms with Crippen LogP contribution in [0, 0.1) is 5.92 Å². The fourth-order valence-electron chi connectivity index (χ4n) is 4.81. The van der Waals surface area contributed by atoms with Gasteiger partial charge in [-0.15, -0.1) is 11.8 Å². The molecule has 0 aromatic carbocycles. The van der Waals surface area contributed by atoms with Gasteiger partial charge in [-0.25, -0.2) is 34.5 Å². The maximum atomic E-state index is 15.8. The average molecular weight is 647 g/mol. The highest BCUT2D eigenvalue weighted by atomic mass is 32.2. The second-order valence-electron chi connectivity index (χ2n) is 9.26. The predicted molar refractivity (Wildman–Crippen MR) is 155 cm³/mol. The number of rotatable bonds is 13. The number of imidazole rings is 2. The number of hydrogen-bond acceptors (Lipinski definition) is 15. The summed E-state index contributed by atoms with van der Waals surface area (Å²) < 4.78 is 35.6. The van der Waals surface area contributed by atoms with Gasteiger partial charge in [0.05, 0.1) is 25.4 Å². The van der Waals surface area contributed by atoms with Crippen LogP contribution >= 0.6 is 30.0 Å². The number of nitrogens with one attached hydrogen (secondary N) is 1. The number of nitrogens with zero attached hydrogens (tertiary/aromatic N) is 7. The zero-order chi connectivity index (χ0) is 30.0. The van der Waals surface area contributed by atoms with E-state index in [2.05, 4.69) is 44.3 Å². The number of anilines is 2. The van der Waals surface area contributed by atoms with Gasteiger partial charge in [-0.05, 0) is 18.8 Å².